The summed E-state index contributed by atoms with van der Waals surface area (Å²) < 4.78 is 24.9. The fourth-order valence-electron chi connectivity index (χ4n) is 8.49. The van der Waals surface area contributed by atoms with Crippen molar-refractivity contribution in [2.45, 2.75) is 97.0 Å². The summed E-state index contributed by atoms with van der Waals surface area (Å²) >= 11 is 0. The van der Waals surface area contributed by atoms with Gasteiger partial charge < -0.3 is 34.3 Å². The molecule has 7 rings (SSSR count). The maximum Gasteiger partial charge on any atom is 0.482 e. The van der Waals surface area contributed by atoms with Crippen LogP contribution < -0.4 is 15.4 Å². The number of urea groups is 1. The number of likely N-dealkylation sites (N-methyl/N-ethyl adjacent to an activating group) is 1. The molecule has 53 heavy (non-hydrogen) atoms. The summed E-state index contributed by atoms with van der Waals surface area (Å²) in [6, 6.07) is 6.21. The van der Waals surface area contributed by atoms with Crippen molar-refractivity contribution in [3.05, 3.63) is 59.4 Å². The number of piperazine rings is 1. The Hall–Kier alpha value is -4.50. The highest BCUT2D eigenvalue weighted by atomic mass is 16.7. The summed E-state index contributed by atoms with van der Waals surface area (Å²) in [6.45, 7) is 14.2. The van der Waals surface area contributed by atoms with Crippen molar-refractivity contribution in [2.24, 2.45) is 17.3 Å². The van der Waals surface area contributed by atoms with Crippen molar-refractivity contribution in [3.8, 4) is 5.75 Å². The first-order valence-electron chi connectivity index (χ1n) is 18.3. The molecule has 0 spiro atoms. The molecule has 284 valence electrons. The molecular formula is C38H50BN5O9. The van der Waals surface area contributed by atoms with E-state index < -0.39 is 60.0 Å². The number of methoxy groups -OCH3 is 1. The average molecular weight is 732 g/mol. The van der Waals surface area contributed by atoms with E-state index >= 15 is 0 Å². The zero-order valence-corrected chi connectivity index (χ0v) is 31.8. The van der Waals surface area contributed by atoms with Gasteiger partial charge in [-0.15, -0.1) is 0 Å². The predicted molar refractivity (Wildman–Crippen MR) is 193 cm³/mol. The normalized spacial score (nSPS) is 25.9. The maximum absolute atomic E-state index is 14.5. The molecule has 0 radical (unpaired) electrons. The molecule has 2 aliphatic heterocycles. The summed E-state index contributed by atoms with van der Waals surface area (Å²) in [7, 11) is 0.569. The number of imide groups is 1. The molecule has 5 amide bonds. The maximum atomic E-state index is 14.5. The van der Waals surface area contributed by atoms with Gasteiger partial charge in [0.15, 0.2) is 0 Å². The molecule has 2 N–H and O–H groups in total. The number of aromatic nitrogens is 1. The van der Waals surface area contributed by atoms with Gasteiger partial charge in [0.05, 0.1) is 24.8 Å². The zero-order chi connectivity index (χ0) is 38.5. The summed E-state index contributed by atoms with van der Waals surface area (Å²) in [6.07, 6.45) is 4.76. The van der Waals surface area contributed by atoms with Crippen LogP contribution in [0.15, 0.2) is 42.7 Å². The minimum Gasteiger partial charge on any atom is -0.496 e. The molecule has 3 aliphatic carbocycles. The number of rotatable bonds is 10. The van der Waals surface area contributed by atoms with E-state index in [9.17, 15) is 24.0 Å². The number of nitrogens with zero attached hydrogens (tertiary/aromatic N) is 3. The number of nitrogens with one attached hydrogen (secondary N) is 2. The second-order valence-corrected chi connectivity index (χ2v) is 16.2. The summed E-state index contributed by atoms with van der Waals surface area (Å²) in [5.74, 6) is -2.74. The predicted octanol–water partition coefficient (Wildman–Crippen LogP) is 3.48. The topological polar surface area (TPSA) is 166 Å². The van der Waals surface area contributed by atoms with Crippen molar-refractivity contribution >= 4 is 36.8 Å². The third kappa shape index (κ3) is 7.25. The Morgan fingerprint density at radius 3 is 2.45 bits per heavy atom. The Morgan fingerprint density at radius 2 is 1.81 bits per heavy atom. The highest BCUT2D eigenvalue weighted by Crippen LogP contribution is 2.65. The molecule has 15 heteroatoms. The molecule has 1 aromatic heterocycles. The molecule has 5 aliphatic rings. The van der Waals surface area contributed by atoms with E-state index in [1.54, 1.807) is 58.0 Å². The molecule has 6 atom stereocenters. The highest BCUT2D eigenvalue weighted by molar-refractivity contribution is 6.48. The van der Waals surface area contributed by atoms with Gasteiger partial charge in [-0.05, 0) is 88.8 Å². The lowest BCUT2D eigenvalue weighted by molar-refractivity contribution is -0.199. The number of hydrogen-bond acceptors (Lipinski definition) is 10. The number of pyridine rings is 1. The number of esters is 1. The Bertz CT molecular complexity index is 1770. The minimum absolute atomic E-state index is 0.0235. The van der Waals surface area contributed by atoms with Gasteiger partial charge in [-0.2, -0.15) is 0 Å². The van der Waals surface area contributed by atoms with E-state index in [1.807, 2.05) is 0 Å². The molecule has 5 fully saturated rings. The van der Waals surface area contributed by atoms with E-state index in [1.165, 1.54) is 24.4 Å². The molecule has 3 saturated carbocycles. The minimum atomic E-state index is -1.31. The number of hydrogen-bond donors (Lipinski definition) is 2. The van der Waals surface area contributed by atoms with Crippen LogP contribution in [0.5, 0.6) is 5.75 Å². The van der Waals surface area contributed by atoms with Crippen LogP contribution in [0, 0.1) is 17.3 Å². The van der Waals surface area contributed by atoms with Gasteiger partial charge in [-0.1, -0.05) is 32.0 Å². The van der Waals surface area contributed by atoms with Crippen molar-refractivity contribution in [1.29, 1.82) is 0 Å². The van der Waals surface area contributed by atoms with Crippen molar-refractivity contribution < 1.29 is 42.8 Å². The summed E-state index contributed by atoms with van der Waals surface area (Å²) in [5, 5.41) is 5.76. The van der Waals surface area contributed by atoms with Crippen LogP contribution in [0.3, 0.4) is 0 Å². The SMILES string of the molecule is CCN1CCN(C(=O)NC(C(=O)NC(Cc2cccc(C(=O)OC(C)(C)C)c2OC)B2O[C@@H]3C[C@@H]4C[C@@H](C4(C)C)[C@]3(C)O2)c2cccnc2)C(=O)C1=O. The molecule has 2 saturated heterocycles. The smallest absolute Gasteiger partial charge is 0.482 e. The Kier molecular flexibility index (Phi) is 10.4. The van der Waals surface area contributed by atoms with Crippen LogP contribution in [-0.4, -0.2) is 102 Å². The third-order valence-electron chi connectivity index (χ3n) is 11.5. The van der Waals surface area contributed by atoms with Gasteiger partial charge in [0.1, 0.15) is 23.0 Å². The van der Waals surface area contributed by atoms with Gasteiger partial charge in [0, 0.05) is 37.6 Å². The van der Waals surface area contributed by atoms with Crippen LogP contribution in [0.4, 0.5) is 4.79 Å². The van der Waals surface area contributed by atoms with Crippen molar-refractivity contribution in [2.75, 3.05) is 26.7 Å². The largest absolute Gasteiger partial charge is 0.496 e. The number of amides is 5. The van der Waals surface area contributed by atoms with Gasteiger partial charge in [0.25, 0.3) is 0 Å². The van der Waals surface area contributed by atoms with Crippen LogP contribution in [0.1, 0.15) is 88.8 Å². The fraction of sp³-hybridized carbons (Fsp3) is 0.579. The number of carbonyl (C=O) groups is 5. The van der Waals surface area contributed by atoms with Crippen LogP contribution in [0.2, 0.25) is 0 Å². The Balaban J connectivity index is 1.32. The monoisotopic (exact) mass is 731 g/mol. The number of benzene rings is 1. The number of ether oxygens (including phenoxy) is 2. The van der Waals surface area contributed by atoms with Crippen LogP contribution >= 0.6 is 0 Å². The van der Waals surface area contributed by atoms with Gasteiger partial charge in [0.2, 0.25) is 5.91 Å². The molecule has 2 bridgehead atoms. The fourth-order valence-corrected chi connectivity index (χ4v) is 8.49. The lowest BCUT2D eigenvalue weighted by Crippen LogP contribution is -2.65. The lowest BCUT2D eigenvalue weighted by atomic mass is 9.43. The zero-order valence-electron chi connectivity index (χ0n) is 31.8. The van der Waals surface area contributed by atoms with Crippen molar-refractivity contribution in [3.63, 3.8) is 0 Å². The Morgan fingerprint density at radius 1 is 1.06 bits per heavy atom. The summed E-state index contributed by atoms with van der Waals surface area (Å²) in [5.41, 5.74) is -0.0947. The summed E-state index contributed by atoms with van der Waals surface area (Å²) in [4.78, 5) is 73.2. The van der Waals surface area contributed by atoms with Gasteiger partial charge in [-0.25, -0.2) is 9.59 Å². The molecular weight excluding hydrogens is 681 g/mol. The average Bonchev–Trinajstić information content (AvgIpc) is 3.48. The number of para-hydroxylation sites is 1. The third-order valence-corrected chi connectivity index (χ3v) is 11.5. The molecule has 2 unspecified atom stereocenters. The second-order valence-electron chi connectivity index (χ2n) is 16.2. The quantitative estimate of drug-likeness (QED) is 0.210. The molecule has 14 nitrogen and oxygen atoms in total. The van der Waals surface area contributed by atoms with E-state index in [0.29, 0.717) is 23.6 Å². The van der Waals surface area contributed by atoms with Gasteiger partial charge in [-0.3, -0.25) is 24.3 Å². The van der Waals surface area contributed by atoms with Crippen molar-refractivity contribution in [1.82, 2.24) is 25.4 Å². The lowest BCUT2D eigenvalue weighted by Gasteiger charge is -2.64. The van der Waals surface area contributed by atoms with E-state index in [-0.39, 0.29) is 48.3 Å². The van der Waals surface area contributed by atoms with E-state index in [4.69, 9.17) is 18.8 Å². The standard InChI is InChI=1S/C38H50BN5O9/c1-9-43-16-17-44(33(47)32(43)46)35(49)42-29(23-13-11-15-40-21-23)31(45)41-28(39-52-27-20-24-19-26(37(24,5)6)38(27,7)53-39)18-22-12-10-14-25(30(22)50-8)34(48)51-36(2,3)4/h10-15,21,24,26-29H,9,16-20H2,1-8H3,(H,41,45)(H,42,49)/t24-,26-,27+,28?,29?,38-/m0/s1. The Labute approximate surface area is 310 Å². The highest BCUT2D eigenvalue weighted by Gasteiger charge is 2.68. The number of carbonyl (C=O) groups excluding carboxylic acids is 5. The van der Waals surface area contributed by atoms with Crippen LogP contribution in [-0.2, 0) is 34.9 Å². The first-order valence-corrected chi connectivity index (χ1v) is 18.3. The van der Waals surface area contributed by atoms with Crippen LogP contribution in [0.25, 0.3) is 0 Å². The van der Waals surface area contributed by atoms with E-state index in [2.05, 4.69) is 36.4 Å². The molecule has 1 aromatic carbocycles. The second kappa shape index (κ2) is 14.4. The van der Waals surface area contributed by atoms with E-state index in [0.717, 1.165) is 17.7 Å². The first-order chi connectivity index (χ1) is 25.0. The molecule has 2 aromatic rings. The van der Waals surface area contributed by atoms with Gasteiger partial charge >= 0.3 is 30.9 Å². The molecule has 3 heterocycles. The first kappa shape index (κ1) is 38.2.